The lowest BCUT2D eigenvalue weighted by molar-refractivity contribution is 0.736. The van der Waals surface area contributed by atoms with Crippen molar-refractivity contribution < 1.29 is 0 Å². The Balaban J connectivity index is -0.000000606. The van der Waals surface area contributed by atoms with E-state index in [4.69, 9.17) is 0 Å². The maximum absolute atomic E-state index is 2.18. The molecule has 0 saturated carbocycles. The molecule has 0 N–H and O–H groups in total. The van der Waals surface area contributed by atoms with Crippen molar-refractivity contribution in [1.82, 2.24) is 0 Å². The summed E-state index contributed by atoms with van der Waals surface area (Å²) in [4.78, 5) is 0. The Morgan fingerprint density at radius 1 is 0.196 bits per heavy atom. The van der Waals surface area contributed by atoms with Crippen LogP contribution in [0.4, 0.5) is 0 Å². The van der Waals surface area contributed by atoms with Gasteiger partial charge in [-0.05, 0) is 68.2 Å². The highest BCUT2D eigenvalue weighted by molar-refractivity contribution is 6.07. The number of hydrogen-bond acceptors (Lipinski definition) is 0. The molecule has 0 amide bonds. The molecule has 0 atom stereocenters. The second-order valence-electron chi connectivity index (χ2n) is 17.8. The Morgan fingerprint density at radius 2 is 0.357 bits per heavy atom. The summed E-state index contributed by atoms with van der Waals surface area (Å²) < 4.78 is 0. The smallest absolute Gasteiger partial charge is 0.0105 e. The van der Waals surface area contributed by atoms with Gasteiger partial charge < -0.3 is 0 Å². The van der Waals surface area contributed by atoms with E-state index in [1.807, 2.05) is 48.5 Å². The number of hydrogen-bond donors (Lipinski definition) is 0. The van der Waals surface area contributed by atoms with E-state index in [1.165, 1.54) is 32.7 Å². The summed E-state index contributed by atoms with van der Waals surface area (Å²) in [5, 5.41) is 5.30. The van der Waals surface area contributed by atoms with Gasteiger partial charge in [0, 0.05) is 0 Å². The molecule has 0 radical (unpaired) electrons. The minimum Gasteiger partial charge on any atom is -0.0630 e. The highest BCUT2D eigenvalue weighted by Crippen LogP contribution is 2.24. The van der Waals surface area contributed by atoms with E-state index in [1.54, 1.807) is 0 Å². The first-order valence-electron chi connectivity index (χ1n) is 21.3. The summed E-state index contributed by atoms with van der Waals surface area (Å²) in [5.41, 5.74) is 2.55. The van der Waals surface area contributed by atoms with Crippen LogP contribution in [0.5, 0.6) is 0 Å². The van der Waals surface area contributed by atoms with Gasteiger partial charge in [0.2, 0.25) is 0 Å². The fourth-order valence-corrected chi connectivity index (χ4v) is 3.60. The second kappa shape index (κ2) is 37.7. The second-order valence-corrected chi connectivity index (χ2v) is 17.8. The van der Waals surface area contributed by atoms with Crippen molar-refractivity contribution in [2.75, 3.05) is 0 Å². The van der Waals surface area contributed by atoms with E-state index in [9.17, 15) is 0 Å². The molecule has 0 saturated heterocycles. The molecule has 0 spiro atoms. The maximum atomic E-state index is 2.18. The van der Waals surface area contributed by atoms with Crippen LogP contribution in [-0.4, -0.2) is 0 Å². The molecule has 0 heterocycles. The summed E-state index contributed by atoms with van der Waals surface area (Å²) in [6.45, 7) is 39.0. The number of rotatable bonds is 1. The fraction of sp³-hybridized carbons (Fsp3) is 0.429. The normalized spacial score (nSPS) is 9.50. The molecule has 0 aliphatic rings. The molecule has 56 heavy (non-hydrogen) atoms. The van der Waals surface area contributed by atoms with Crippen molar-refractivity contribution in [2.24, 2.45) is 35.5 Å². The lowest BCUT2D eigenvalue weighted by Crippen LogP contribution is -1.75. The number of fused-ring (bicyclic) bond motifs is 3. The van der Waals surface area contributed by atoms with Crippen LogP contribution in [-0.2, 0) is 0 Å². The van der Waals surface area contributed by atoms with E-state index in [0.717, 1.165) is 35.5 Å². The quantitative estimate of drug-likeness (QED) is 0.147. The SMILES string of the molecule is CC(C)C.CC(C)C.CC(C)C.CC(C)C.CC(C)C.CC(C)C.c1ccc(-c2ccccc2)cc1.c1ccc2c(c1)ccc1ccccc12.c1ccccc1. The van der Waals surface area contributed by atoms with Crippen molar-refractivity contribution in [1.29, 1.82) is 0 Å². The van der Waals surface area contributed by atoms with E-state index in [0.29, 0.717) is 0 Å². The predicted octanol–water partition coefficient (Wildman–Crippen LogP) is 19.0. The summed E-state index contributed by atoms with van der Waals surface area (Å²) in [6, 6.07) is 54.1. The maximum Gasteiger partial charge on any atom is -0.0105 e. The van der Waals surface area contributed by atoms with Crippen molar-refractivity contribution >= 4 is 21.5 Å². The van der Waals surface area contributed by atoms with Crippen LogP contribution in [0.15, 0.2) is 158 Å². The zero-order valence-electron chi connectivity index (χ0n) is 39.5. The third-order valence-electron chi connectivity index (χ3n) is 5.20. The van der Waals surface area contributed by atoms with E-state index in [2.05, 4.69) is 234 Å². The van der Waals surface area contributed by atoms with Gasteiger partial charge in [0.25, 0.3) is 0 Å². The minimum absolute atomic E-state index is 0.833. The monoisotopic (exact) mass is 759 g/mol. The van der Waals surface area contributed by atoms with Gasteiger partial charge in [-0.1, -0.05) is 282 Å². The fourth-order valence-electron chi connectivity index (χ4n) is 3.60. The summed E-state index contributed by atoms with van der Waals surface area (Å²) >= 11 is 0. The van der Waals surface area contributed by atoms with Crippen LogP contribution < -0.4 is 0 Å². The predicted molar refractivity (Wildman–Crippen MR) is 263 cm³/mol. The van der Waals surface area contributed by atoms with Gasteiger partial charge in [-0.2, -0.15) is 0 Å². The first-order valence-corrected chi connectivity index (χ1v) is 21.3. The third kappa shape index (κ3) is 42.6. The van der Waals surface area contributed by atoms with Gasteiger partial charge in [0.1, 0.15) is 0 Å². The average Bonchev–Trinajstić information content (AvgIpc) is 3.12. The van der Waals surface area contributed by atoms with Crippen molar-refractivity contribution in [3.63, 3.8) is 0 Å². The molecular weight excluding hydrogens is 673 g/mol. The lowest BCUT2D eigenvalue weighted by Gasteiger charge is -2.02. The summed E-state index contributed by atoms with van der Waals surface area (Å²) in [5.74, 6) is 5.00. The Hall–Kier alpha value is -4.16. The zero-order chi connectivity index (χ0) is 43.3. The molecule has 6 aromatic rings. The van der Waals surface area contributed by atoms with Gasteiger partial charge in [-0.3, -0.25) is 0 Å². The van der Waals surface area contributed by atoms with Gasteiger partial charge in [0.05, 0.1) is 0 Å². The zero-order valence-corrected chi connectivity index (χ0v) is 39.5. The molecule has 6 aromatic carbocycles. The molecular formula is C56H86. The molecule has 0 aromatic heterocycles. The van der Waals surface area contributed by atoms with E-state index >= 15 is 0 Å². The highest BCUT2D eigenvalue weighted by Gasteiger charge is 1.97. The Kier molecular flexibility index (Phi) is 37.9. The standard InChI is InChI=1S/C14H10.C12H10.C6H6.6C4H10/c1-3-7-13-11(5-1)9-10-12-6-2-4-8-14(12)13;1-3-7-11(8-4-1)12-9-5-2-6-10-12;1-2-4-6-5-3-1;6*1-4(2)3/h1-10H;1-10H;1-6H;6*4H,1-3H3. The molecule has 0 bridgehead atoms. The Morgan fingerprint density at radius 3 is 0.571 bits per heavy atom. The largest absolute Gasteiger partial charge is 0.0630 e. The van der Waals surface area contributed by atoms with Crippen molar-refractivity contribution in [3.8, 4) is 11.1 Å². The van der Waals surface area contributed by atoms with Gasteiger partial charge in [-0.25, -0.2) is 0 Å². The molecule has 0 fully saturated rings. The molecule has 0 aliphatic carbocycles. The van der Waals surface area contributed by atoms with Crippen molar-refractivity contribution in [2.45, 2.75) is 125 Å². The lowest BCUT2D eigenvalue weighted by atomic mass is 10.0. The molecule has 0 heteroatoms. The van der Waals surface area contributed by atoms with Gasteiger partial charge >= 0.3 is 0 Å². The molecule has 0 unspecified atom stereocenters. The van der Waals surface area contributed by atoms with Crippen molar-refractivity contribution in [3.05, 3.63) is 158 Å². The van der Waals surface area contributed by atoms with Crippen LogP contribution in [0.2, 0.25) is 0 Å². The number of benzene rings is 6. The first-order chi connectivity index (χ1) is 26.3. The van der Waals surface area contributed by atoms with Crippen LogP contribution in [0.25, 0.3) is 32.7 Å². The van der Waals surface area contributed by atoms with Crippen LogP contribution >= 0.6 is 0 Å². The van der Waals surface area contributed by atoms with Gasteiger partial charge in [-0.15, -0.1) is 0 Å². The molecule has 6 rings (SSSR count). The summed E-state index contributed by atoms with van der Waals surface area (Å²) in [6.07, 6.45) is 0. The minimum atomic E-state index is 0.833. The molecule has 310 valence electrons. The van der Waals surface area contributed by atoms with E-state index in [-0.39, 0.29) is 0 Å². The highest BCUT2D eigenvalue weighted by atomic mass is 14.0. The van der Waals surface area contributed by atoms with Crippen LogP contribution in [0.1, 0.15) is 125 Å². The van der Waals surface area contributed by atoms with E-state index < -0.39 is 0 Å². The van der Waals surface area contributed by atoms with Crippen LogP contribution in [0, 0.1) is 35.5 Å². The van der Waals surface area contributed by atoms with Gasteiger partial charge in [0.15, 0.2) is 0 Å². The van der Waals surface area contributed by atoms with Crippen LogP contribution in [0.3, 0.4) is 0 Å². The molecule has 0 aliphatic heterocycles. The third-order valence-corrected chi connectivity index (χ3v) is 5.20. The average molecular weight is 759 g/mol. The Labute approximate surface area is 349 Å². The molecule has 0 nitrogen and oxygen atoms in total. The Bertz CT molecular complexity index is 1440. The topological polar surface area (TPSA) is 0 Å². The summed E-state index contributed by atoms with van der Waals surface area (Å²) in [7, 11) is 0. The first kappa shape index (κ1) is 56.2.